The molecule has 5 nitrogen and oxygen atoms in total. The van der Waals surface area contributed by atoms with Crippen LogP contribution < -0.4 is 5.73 Å². The number of H-pyrrole nitrogens is 1. The van der Waals surface area contributed by atoms with Gasteiger partial charge in [-0.3, -0.25) is 4.79 Å². The van der Waals surface area contributed by atoms with Gasteiger partial charge in [0.25, 0.3) is 0 Å². The molecule has 24 heavy (non-hydrogen) atoms. The summed E-state index contributed by atoms with van der Waals surface area (Å²) in [5, 5.41) is 8.83. The van der Waals surface area contributed by atoms with E-state index in [2.05, 4.69) is 16.0 Å². The summed E-state index contributed by atoms with van der Waals surface area (Å²) in [5.41, 5.74) is 9.12. The van der Waals surface area contributed by atoms with Crippen LogP contribution in [-0.4, -0.2) is 15.9 Å². The molecule has 0 bridgehead atoms. The van der Waals surface area contributed by atoms with Crippen molar-refractivity contribution in [3.8, 4) is 17.3 Å². The monoisotopic (exact) mass is 315 g/mol. The van der Waals surface area contributed by atoms with Crippen molar-refractivity contribution >= 4 is 5.91 Å². The number of amides is 1. The van der Waals surface area contributed by atoms with Gasteiger partial charge in [0.2, 0.25) is 5.91 Å². The minimum Gasteiger partial charge on any atom is -0.366 e. The fraction of sp³-hybridized carbons (Fsp3) is 0.0526. The van der Waals surface area contributed by atoms with Crippen molar-refractivity contribution in [1.29, 1.82) is 5.26 Å². The molecule has 3 N–H and O–H groups in total. The summed E-state index contributed by atoms with van der Waals surface area (Å²) in [6, 6.07) is 16.6. The van der Waals surface area contributed by atoms with Crippen molar-refractivity contribution in [2.45, 2.75) is 6.42 Å². The predicted molar refractivity (Wildman–Crippen MR) is 90.8 cm³/mol. The number of nitriles is 1. The van der Waals surface area contributed by atoms with Crippen molar-refractivity contribution < 1.29 is 4.79 Å². The van der Waals surface area contributed by atoms with Crippen molar-refractivity contribution in [2.24, 2.45) is 5.73 Å². The van der Waals surface area contributed by atoms with E-state index in [1.54, 1.807) is 24.3 Å². The third-order valence-corrected chi connectivity index (χ3v) is 3.71. The van der Waals surface area contributed by atoms with Gasteiger partial charge in [0.15, 0.2) is 0 Å². The summed E-state index contributed by atoms with van der Waals surface area (Å²) in [6.45, 7) is 0. The highest BCUT2D eigenvalue weighted by molar-refractivity contribution is 5.94. The van der Waals surface area contributed by atoms with Crippen molar-refractivity contribution in [3.05, 3.63) is 83.7 Å². The first-order valence-corrected chi connectivity index (χ1v) is 7.44. The average Bonchev–Trinajstić information content (AvgIpc) is 3.09. The van der Waals surface area contributed by atoms with E-state index in [4.69, 9.17) is 11.0 Å². The average molecular weight is 315 g/mol. The fourth-order valence-corrected chi connectivity index (χ4v) is 2.45. The molecular formula is C19H15N4O. The number of aromatic amines is 1. The van der Waals surface area contributed by atoms with Crippen LogP contribution >= 0.6 is 0 Å². The number of aromatic nitrogens is 2. The maximum atomic E-state index is 11.4. The molecule has 1 heterocycles. The maximum absolute atomic E-state index is 11.4. The van der Waals surface area contributed by atoms with E-state index in [9.17, 15) is 4.79 Å². The van der Waals surface area contributed by atoms with Gasteiger partial charge >= 0.3 is 0 Å². The van der Waals surface area contributed by atoms with Gasteiger partial charge in [-0.2, -0.15) is 5.26 Å². The highest BCUT2D eigenvalue weighted by Crippen LogP contribution is 2.19. The van der Waals surface area contributed by atoms with Crippen LogP contribution in [0, 0.1) is 17.8 Å². The molecule has 0 spiro atoms. The lowest BCUT2D eigenvalue weighted by Crippen LogP contribution is -2.13. The first-order valence-electron chi connectivity index (χ1n) is 7.44. The van der Waals surface area contributed by atoms with Gasteiger partial charge in [0.1, 0.15) is 5.82 Å². The molecule has 1 radical (unpaired) electrons. The number of nitrogens with one attached hydrogen (secondary N) is 1. The third kappa shape index (κ3) is 3.33. The van der Waals surface area contributed by atoms with Gasteiger partial charge in [-0.05, 0) is 30.2 Å². The molecule has 117 valence electrons. The van der Waals surface area contributed by atoms with E-state index >= 15 is 0 Å². The molecule has 3 rings (SSSR count). The molecule has 0 unspecified atom stereocenters. The zero-order valence-electron chi connectivity index (χ0n) is 12.9. The standard InChI is InChI=1S/C19H15N4O/c20-11-13-5-7-15(8-6-13)17-12-22-18(23-17)10-9-14-3-1-2-4-16(14)19(21)24/h1-8,10,12H,9H2,(H2,21,24)(H,22,23). The molecule has 1 amide bonds. The highest BCUT2D eigenvalue weighted by Gasteiger charge is 2.09. The zero-order valence-corrected chi connectivity index (χ0v) is 12.9. The number of rotatable bonds is 5. The van der Waals surface area contributed by atoms with Crippen LogP contribution in [0.3, 0.4) is 0 Å². The number of primary amides is 1. The van der Waals surface area contributed by atoms with Crippen molar-refractivity contribution in [1.82, 2.24) is 9.97 Å². The van der Waals surface area contributed by atoms with E-state index in [1.165, 1.54) is 0 Å². The van der Waals surface area contributed by atoms with Crippen LogP contribution in [0.4, 0.5) is 0 Å². The molecular weight excluding hydrogens is 300 g/mol. The molecule has 0 aliphatic heterocycles. The van der Waals surface area contributed by atoms with Gasteiger partial charge in [-0.1, -0.05) is 30.3 Å². The van der Waals surface area contributed by atoms with Gasteiger partial charge in [-0.15, -0.1) is 0 Å². The molecule has 0 aliphatic carbocycles. The molecule has 0 fully saturated rings. The van der Waals surface area contributed by atoms with Crippen LogP contribution in [0.15, 0.2) is 54.7 Å². The summed E-state index contributed by atoms with van der Waals surface area (Å²) < 4.78 is 0. The largest absolute Gasteiger partial charge is 0.366 e. The minimum atomic E-state index is -0.434. The highest BCUT2D eigenvalue weighted by atomic mass is 16.1. The van der Waals surface area contributed by atoms with Gasteiger partial charge < -0.3 is 10.7 Å². The van der Waals surface area contributed by atoms with Gasteiger partial charge in [0.05, 0.1) is 17.3 Å². The Balaban J connectivity index is 1.73. The summed E-state index contributed by atoms with van der Waals surface area (Å²) in [5.74, 6) is 0.283. The molecule has 1 aromatic heterocycles. The molecule has 0 saturated carbocycles. The summed E-state index contributed by atoms with van der Waals surface area (Å²) >= 11 is 0. The van der Waals surface area contributed by atoms with Crippen molar-refractivity contribution in [3.63, 3.8) is 0 Å². The fourth-order valence-electron chi connectivity index (χ4n) is 2.45. The zero-order chi connectivity index (χ0) is 16.9. The van der Waals surface area contributed by atoms with E-state index in [0.717, 1.165) is 16.8 Å². The number of carbonyl (C=O) groups is 1. The van der Waals surface area contributed by atoms with Gasteiger partial charge in [-0.25, -0.2) is 4.98 Å². The Kier molecular flexibility index (Phi) is 4.39. The topological polar surface area (TPSA) is 95.6 Å². The van der Waals surface area contributed by atoms with E-state index in [0.29, 0.717) is 23.4 Å². The summed E-state index contributed by atoms with van der Waals surface area (Å²) in [7, 11) is 0. The lowest BCUT2D eigenvalue weighted by Gasteiger charge is -2.04. The Morgan fingerprint density at radius 2 is 1.96 bits per heavy atom. The molecule has 3 aromatic rings. The molecule has 0 atom stereocenters. The first-order chi connectivity index (χ1) is 11.7. The number of nitrogens with zero attached hydrogens (tertiary/aromatic N) is 2. The number of imidazole rings is 1. The maximum Gasteiger partial charge on any atom is 0.248 e. The SMILES string of the molecule is N#Cc1ccc(-c2c[nH]c([CH]Cc3ccccc3C(N)=O)n2)cc1. The Labute approximate surface area is 139 Å². The Bertz CT molecular complexity index is 904. The number of hydrogen-bond donors (Lipinski definition) is 2. The van der Waals surface area contributed by atoms with Gasteiger partial charge in [0, 0.05) is 23.7 Å². The second-order valence-electron chi connectivity index (χ2n) is 5.29. The number of carbonyl (C=O) groups excluding carboxylic acids is 1. The molecule has 0 saturated heterocycles. The first kappa shape index (κ1) is 15.5. The minimum absolute atomic E-state index is 0.434. The van der Waals surface area contributed by atoms with E-state index in [1.807, 2.05) is 36.9 Å². The predicted octanol–water partition coefficient (Wildman–Crippen LogP) is 2.84. The van der Waals surface area contributed by atoms with Crippen LogP contribution in [0.25, 0.3) is 11.3 Å². The number of hydrogen-bond acceptors (Lipinski definition) is 3. The molecule has 0 aliphatic rings. The molecule has 2 aromatic carbocycles. The Morgan fingerprint density at radius 1 is 1.21 bits per heavy atom. The van der Waals surface area contributed by atoms with Crippen LogP contribution in [0.1, 0.15) is 27.3 Å². The van der Waals surface area contributed by atoms with E-state index < -0.39 is 5.91 Å². The van der Waals surface area contributed by atoms with Crippen LogP contribution in [0.2, 0.25) is 0 Å². The van der Waals surface area contributed by atoms with E-state index in [-0.39, 0.29) is 0 Å². The number of benzene rings is 2. The lowest BCUT2D eigenvalue weighted by molar-refractivity contribution is 0.0999. The lowest BCUT2D eigenvalue weighted by atomic mass is 10.0. The quantitative estimate of drug-likeness (QED) is 0.757. The summed E-state index contributed by atoms with van der Waals surface area (Å²) in [6.07, 6.45) is 4.28. The van der Waals surface area contributed by atoms with Crippen molar-refractivity contribution in [2.75, 3.05) is 0 Å². The third-order valence-electron chi connectivity index (χ3n) is 3.71. The second kappa shape index (κ2) is 6.80. The number of nitrogens with two attached hydrogens (primary N) is 1. The summed E-state index contributed by atoms with van der Waals surface area (Å²) in [4.78, 5) is 19.1. The van der Waals surface area contributed by atoms with Crippen LogP contribution in [-0.2, 0) is 6.42 Å². The normalized spacial score (nSPS) is 10.3. The molecule has 5 heteroatoms. The second-order valence-corrected chi connectivity index (χ2v) is 5.29. The smallest absolute Gasteiger partial charge is 0.248 e. The Hall–Kier alpha value is -3.39. The Morgan fingerprint density at radius 3 is 2.67 bits per heavy atom. The van der Waals surface area contributed by atoms with Crippen LogP contribution in [0.5, 0.6) is 0 Å².